The zero-order chi connectivity index (χ0) is 9.45. The van der Waals surface area contributed by atoms with Crippen molar-refractivity contribution in [1.29, 1.82) is 0 Å². The van der Waals surface area contributed by atoms with Gasteiger partial charge in [-0.25, -0.2) is 5.11 Å². The molecule has 12 heavy (non-hydrogen) atoms. The molecule has 0 fully saturated rings. The molecule has 0 aromatic rings. The van der Waals surface area contributed by atoms with E-state index in [-0.39, 0.29) is 12.0 Å². The molecule has 0 aromatic heterocycles. The number of hydrogen-bond acceptors (Lipinski definition) is 1. The van der Waals surface area contributed by atoms with Crippen LogP contribution in [0.2, 0.25) is 0 Å². The molecule has 0 aliphatic rings. The number of hydrogen-bond donors (Lipinski definition) is 0. The summed E-state index contributed by atoms with van der Waals surface area (Å²) in [7, 11) is 0. The molecular weight excluding hydrogens is 152 g/mol. The van der Waals surface area contributed by atoms with Crippen molar-refractivity contribution in [1.82, 2.24) is 0 Å². The summed E-state index contributed by atoms with van der Waals surface area (Å²) in [6.45, 7) is 8.14. The highest BCUT2D eigenvalue weighted by Crippen LogP contribution is 2.12. The summed E-state index contributed by atoms with van der Waals surface area (Å²) in [5, 5.41) is 10.1. The lowest BCUT2D eigenvalue weighted by Gasteiger charge is -2.17. The molecule has 0 aliphatic carbocycles. The third-order valence-electron chi connectivity index (χ3n) is 1.47. The average Bonchev–Trinajstić information content (AvgIpc) is 1.94. The minimum Gasteiger partial charge on any atom is -0.381 e. The van der Waals surface area contributed by atoms with E-state index in [9.17, 15) is 5.11 Å². The second-order valence-electron chi connectivity index (χ2n) is 4.38. The lowest BCUT2D eigenvalue weighted by atomic mass is 9.99. The van der Waals surface area contributed by atoms with Gasteiger partial charge in [-0.1, -0.05) is 20.8 Å². The molecule has 0 unspecified atom stereocenters. The smallest absolute Gasteiger partial charge is 0.0822 e. The lowest BCUT2D eigenvalue weighted by Crippen LogP contribution is -2.15. The molecule has 0 heterocycles. The van der Waals surface area contributed by atoms with Crippen LogP contribution in [-0.2, 0) is 9.84 Å². The first-order valence-electron chi connectivity index (χ1n) is 4.72. The summed E-state index contributed by atoms with van der Waals surface area (Å²) >= 11 is 0. The van der Waals surface area contributed by atoms with Crippen LogP contribution in [0.25, 0.3) is 0 Å². The first kappa shape index (κ1) is 11.9. The summed E-state index contributed by atoms with van der Waals surface area (Å²) < 4.78 is 5.44. The number of unbranched alkanes of at least 4 members (excludes halogenated alkanes) is 2. The molecule has 0 saturated carbocycles. The van der Waals surface area contributed by atoms with E-state index in [1.54, 1.807) is 0 Å². The highest BCUT2D eigenvalue weighted by Gasteiger charge is 2.09. The maximum atomic E-state index is 10.1. The second kappa shape index (κ2) is 6.44. The van der Waals surface area contributed by atoms with E-state index >= 15 is 0 Å². The van der Waals surface area contributed by atoms with Crippen molar-refractivity contribution >= 4 is 0 Å². The predicted molar refractivity (Wildman–Crippen MR) is 49.7 cm³/mol. The lowest BCUT2D eigenvalue weighted by molar-refractivity contribution is 0.0673. The van der Waals surface area contributed by atoms with E-state index in [4.69, 9.17) is 4.74 Å². The highest BCUT2D eigenvalue weighted by molar-refractivity contribution is 4.58. The van der Waals surface area contributed by atoms with Crippen LogP contribution in [0.4, 0.5) is 0 Å². The maximum Gasteiger partial charge on any atom is 0.0822 e. The van der Waals surface area contributed by atoms with Crippen LogP contribution >= 0.6 is 0 Å². The first-order chi connectivity index (χ1) is 5.56. The monoisotopic (exact) mass is 173 g/mol. The Morgan fingerprint density at radius 1 is 1.08 bits per heavy atom. The van der Waals surface area contributed by atoms with Gasteiger partial charge in [-0.2, -0.15) is 0 Å². The molecule has 0 atom stereocenters. The van der Waals surface area contributed by atoms with E-state index in [0.717, 1.165) is 32.5 Å². The van der Waals surface area contributed by atoms with Crippen molar-refractivity contribution in [2.75, 3.05) is 19.8 Å². The Labute approximate surface area is 75.9 Å². The Hall–Kier alpha value is -0.0800. The van der Waals surface area contributed by atoms with Crippen LogP contribution in [0.5, 0.6) is 0 Å². The largest absolute Gasteiger partial charge is 0.381 e. The summed E-state index contributed by atoms with van der Waals surface area (Å²) in [5.41, 5.74) is 0.262. The zero-order valence-electron chi connectivity index (χ0n) is 8.56. The normalized spacial score (nSPS) is 12.0. The quantitative estimate of drug-likeness (QED) is 0.568. The fraction of sp³-hybridized carbons (Fsp3) is 1.00. The van der Waals surface area contributed by atoms with Crippen LogP contribution < -0.4 is 0 Å². The van der Waals surface area contributed by atoms with Gasteiger partial charge in [0.2, 0.25) is 0 Å². The van der Waals surface area contributed by atoms with Crippen molar-refractivity contribution in [3.8, 4) is 0 Å². The molecule has 1 radical (unpaired) electrons. The van der Waals surface area contributed by atoms with Crippen LogP contribution in [-0.4, -0.2) is 19.8 Å². The number of rotatable bonds is 6. The van der Waals surface area contributed by atoms with Crippen LogP contribution in [0.3, 0.4) is 0 Å². The van der Waals surface area contributed by atoms with Crippen molar-refractivity contribution < 1.29 is 9.84 Å². The molecule has 2 heteroatoms. The Morgan fingerprint density at radius 2 is 1.75 bits per heavy atom. The fourth-order valence-corrected chi connectivity index (χ4v) is 0.861. The number of ether oxygens (including phenoxy) is 1. The maximum absolute atomic E-state index is 10.1. The third-order valence-corrected chi connectivity index (χ3v) is 1.47. The molecular formula is C10H21O2. The van der Waals surface area contributed by atoms with Gasteiger partial charge in [-0.15, -0.1) is 0 Å². The molecule has 0 saturated heterocycles. The summed E-state index contributed by atoms with van der Waals surface area (Å²) in [6, 6.07) is 0. The predicted octanol–water partition coefficient (Wildman–Crippen LogP) is 2.65. The average molecular weight is 173 g/mol. The topological polar surface area (TPSA) is 29.1 Å². The van der Waals surface area contributed by atoms with Gasteiger partial charge in [0.1, 0.15) is 0 Å². The van der Waals surface area contributed by atoms with Gasteiger partial charge in [0.25, 0.3) is 0 Å². The van der Waals surface area contributed by atoms with Gasteiger partial charge in [0.05, 0.1) is 13.2 Å². The van der Waals surface area contributed by atoms with E-state index < -0.39 is 0 Å². The minimum absolute atomic E-state index is 0.0548. The van der Waals surface area contributed by atoms with Gasteiger partial charge in [-0.05, 0) is 24.7 Å². The van der Waals surface area contributed by atoms with E-state index in [1.807, 2.05) is 0 Å². The fourth-order valence-electron chi connectivity index (χ4n) is 0.861. The molecule has 2 nitrogen and oxygen atoms in total. The molecule has 0 aromatic carbocycles. The van der Waals surface area contributed by atoms with Crippen molar-refractivity contribution in [3.63, 3.8) is 0 Å². The first-order valence-corrected chi connectivity index (χ1v) is 4.72. The SMILES string of the molecule is CC(C)(C)COCCCCC[O]. The summed E-state index contributed by atoms with van der Waals surface area (Å²) in [5.74, 6) is 0. The Morgan fingerprint density at radius 3 is 2.25 bits per heavy atom. The summed E-state index contributed by atoms with van der Waals surface area (Å²) in [4.78, 5) is 0. The third kappa shape index (κ3) is 9.92. The van der Waals surface area contributed by atoms with E-state index in [2.05, 4.69) is 20.8 Å². The van der Waals surface area contributed by atoms with Gasteiger partial charge in [0.15, 0.2) is 0 Å². The van der Waals surface area contributed by atoms with Crippen molar-refractivity contribution in [2.24, 2.45) is 5.41 Å². The van der Waals surface area contributed by atoms with Gasteiger partial charge >= 0.3 is 0 Å². The minimum atomic E-state index is 0.0548. The standard InChI is InChI=1S/C10H21O2/c1-10(2,3)9-12-8-6-4-5-7-11/h4-9H2,1-3H3. The van der Waals surface area contributed by atoms with E-state index in [1.165, 1.54) is 0 Å². The van der Waals surface area contributed by atoms with Crippen LogP contribution in [0.1, 0.15) is 40.0 Å². The van der Waals surface area contributed by atoms with E-state index in [0.29, 0.717) is 0 Å². The molecule has 73 valence electrons. The second-order valence-corrected chi connectivity index (χ2v) is 4.38. The van der Waals surface area contributed by atoms with Crippen molar-refractivity contribution in [2.45, 2.75) is 40.0 Å². The summed E-state index contributed by atoms with van der Waals surface area (Å²) in [6.07, 6.45) is 2.82. The zero-order valence-corrected chi connectivity index (χ0v) is 8.56. The Bertz CT molecular complexity index is 94.5. The Balaban J connectivity index is 3.01. The highest BCUT2D eigenvalue weighted by atomic mass is 16.5. The molecule has 0 amide bonds. The van der Waals surface area contributed by atoms with Gasteiger partial charge < -0.3 is 4.74 Å². The van der Waals surface area contributed by atoms with Crippen molar-refractivity contribution in [3.05, 3.63) is 0 Å². The van der Waals surface area contributed by atoms with Crippen LogP contribution in [0.15, 0.2) is 0 Å². The molecule has 0 aliphatic heterocycles. The Kier molecular flexibility index (Phi) is 6.39. The molecule has 0 rings (SSSR count). The molecule has 0 N–H and O–H groups in total. The van der Waals surface area contributed by atoms with Crippen LogP contribution in [0, 0.1) is 5.41 Å². The van der Waals surface area contributed by atoms with Gasteiger partial charge in [0, 0.05) is 6.61 Å². The van der Waals surface area contributed by atoms with Gasteiger partial charge in [-0.3, -0.25) is 0 Å². The molecule has 0 bridgehead atoms. The molecule has 0 spiro atoms.